The largest absolute Gasteiger partial charge is 0.389 e. The van der Waals surface area contributed by atoms with E-state index >= 15 is 0 Å². The Morgan fingerprint density at radius 3 is 2.52 bits per heavy atom. The molecular weight excluding hydrogens is 305 g/mol. The highest BCUT2D eigenvalue weighted by Crippen LogP contribution is 2.30. The van der Waals surface area contributed by atoms with Crippen molar-refractivity contribution < 1.29 is 18.0 Å². The van der Waals surface area contributed by atoms with E-state index in [1.807, 2.05) is 24.3 Å². The summed E-state index contributed by atoms with van der Waals surface area (Å²) in [4.78, 5) is 13.8. The number of carbonyl (C=O) groups excluding carboxylic acids is 1. The molecule has 23 heavy (non-hydrogen) atoms. The van der Waals surface area contributed by atoms with Crippen molar-refractivity contribution in [3.8, 4) is 0 Å². The quantitative estimate of drug-likeness (QED) is 0.885. The first-order chi connectivity index (χ1) is 10.7. The minimum absolute atomic E-state index is 0.139. The predicted octanol–water partition coefficient (Wildman–Crippen LogP) is 4.02. The highest BCUT2D eigenvalue weighted by atomic mass is 19.4. The first-order valence-electron chi connectivity index (χ1n) is 7.92. The van der Waals surface area contributed by atoms with Gasteiger partial charge in [-0.05, 0) is 42.5 Å². The average molecular weight is 328 g/mol. The van der Waals surface area contributed by atoms with Crippen molar-refractivity contribution in [3.63, 3.8) is 0 Å². The summed E-state index contributed by atoms with van der Waals surface area (Å²) >= 11 is 0. The lowest BCUT2D eigenvalue weighted by molar-refractivity contribution is -0.143. The molecule has 1 heterocycles. The molecule has 1 aliphatic heterocycles. The van der Waals surface area contributed by atoms with Gasteiger partial charge in [-0.2, -0.15) is 13.2 Å². The molecule has 128 valence electrons. The molecule has 0 aliphatic carbocycles. The van der Waals surface area contributed by atoms with E-state index in [4.69, 9.17) is 0 Å². The Labute approximate surface area is 134 Å². The van der Waals surface area contributed by atoms with E-state index in [1.54, 1.807) is 4.90 Å². The van der Waals surface area contributed by atoms with Crippen LogP contribution >= 0.6 is 0 Å². The average Bonchev–Trinajstić information content (AvgIpc) is 2.84. The molecule has 2 rings (SSSR count). The maximum absolute atomic E-state index is 12.4. The third-order valence-corrected chi connectivity index (χ3v) is 4.12. The van der Waals surface area contributed by atoms with Crippen LogP contribution in [-0.2, 0) is 4.79 Å². The smallest absolute Gasteiger partial charge is 0.325 e. The Balaban J connectivity index is 1.79. The number of hydrogen-bond donors (Lipinski definition) is 1. The zero-order valence-corrected chi connectivity index (χ0v) is 13.5. The second kappa shape index (κ2) is 7.34. The van der Waals surface area contributed by atoms with Gasteiger partial charge in [-0.25, -0.2) is 0 Å². The second-order valence-electron chi connectivity index (χ2n) is 6.53. The zero-order valence-electron chi connectivity index (χ0n) is 13.5. The lowest BCUT2D eigenvalue weighted by atomic mass is 10.0. The number of nitrogens with one attached hydrogen (secondary N) is 1. The Kier molecular flexibility index (Phi) is 5.68. The van der Waals surface area contributed by atoms with E-state index in [0.29, 0.717) is 31.1 Å². The number of halogens is 3. The highest BCUT2D eigenvalue weighted by Gasteiger charge is 2.35. The summed E-state index contributed by atoms with van der Waals surface area (Å²) in [7, 11) is 0. The van der Waals surface area contributed by atoms with E-state index in [2.05, 4.69) is 19.2 Å². The molecule has 3 nitrogen and oxygen atoms in total. The molecule has 0 spiro atoms. The molecular formula is C17H23F3N2O. The molecule has 0 radical (unpaired) electrons. The summed E-state index contributed by atoms with van der Waals surface area (Å²) < 4.78 is 37.1. The second-order valence-corrected chi connectivity index (χ2v) is 6.53. The van der Waals surface area contributed by atoms with Gasteiger partial charge < -0.3 is 5.32 Å². The summed E-state index contributed by atoms with van der Waals surface area (Å²) in [6.07, 6.45) is -4.39. The third kappa shape index (κ3) is 5.86. The van der Waals surface area contributed by atoms with Crippen LogP contribution in [0.2, 0.25) is 0 Å². The van der Waals surface area contributed by atoms with E-state index < -0.39 is 18.5 Å². The fourth-order valence-electron chi connectivity index (χ4n) is 2.91. The molecule has 0 saturated carbocycles. The SMILES string of the molecule is CC(C)c1ccc(NC(=O)CN2CCC(CC(F)(F)F)C2)cc1. The monoisotopic (exact) mass is 328 g/mol. The minimum atomic E-state index is -4.12. The van der Waals surface area contributed by atoms with Gasteiger partial charge in [0.1, 0.15) is 0 Å². The minimum Gasteiger partial charge on any atom is -0.325 e. The summed E-state index contributed by atoms with van der Waals surface area (Å²) in [6, 6.07) is 7.64. The van der Waals surface area contributed by atoms with Crippen molar-refractivity contribution in [1.82, 2.24) is 4.90 Å². The Hall–Kier alpha value is -1.56. The molecule has 1 atom stereocenters. The van der Waals surface area contributed by atoms with Crippen molar-refractivity contribution in [2.75, 3.05) is 25.0 Å². The standard InChI is InChI=1S/C17H23F3N2O/c1-12(2)14-3-5-15(6-4-14)21-16(23)11-22-8-7-13(10-22)9-17(18,19)20/h3-6,12-13H,7-11H2,1-2H3,(H,21,23). The van der Waals surface area contributed by atoms with Crippen LogP contribution in [0.4, 0.5) is 18.9 Å². The maximum Gasteiger partial charge on any atom is 0.389 e. The molecule has 1 amide bonds. The van der Waals surface area contributed by atoms with Gasteiger partial charge in [-0.3, -0.25) is 9.69 Å². The van der Waals surface area contributed by atoms with Gasteiger partial charge in [-0.15, -0.1) is 0 Å². The molecule has 1 saturated heterocycles. The van der Waals surface area contributed by atoms with Gasteiger partial charge in [-0.1, -0.05) is 26.0 Å². The van der Waals surface area contributed by atoms with Crippen LogP contribution in [0.3, 0.4) is 0 Å². The fourth-order valence-corrected chi connectivity index (χ4v) is 2.91. The molecule has 1 aromatic rings. The number of amides is 1. The van der Waals surface area contributed by atoms with Crippen LogP contribution < -0.4 is 5.32 Å². The lowest BCUT2D eigenvalue weighted by Gasteiger charge is -2.16. The first-order valence-corrected chi connectivity index (χ1v) is 7.92. The molecule has 1 fully saturated rings. The van der Waals surface area contributed by atoms with Crippen LogP contribution in [0.1, 0.15) is 38.2 Å². The summed E-state index contributed by atoms with van der Waals surface area (Å²) in [5, 5.41) is 2.80. The van der Waals surface area contributed by atoms with Gasteiger partial charge in [0.05, 0.1) is 6.54 Å². The number of carbonyl (C=O) groups is 1. The Morgan fingerprint density at radius 1 is 1.30 bits per heavy atom. The van der Waals surface area contributed by atoms with Crippen LogP contribution in [0.5, 0.6) is 0 Å². The molecule has 0 aromatic heterocycles. The Bertz CT molecular complexity index is 526. The fraction of sp³-hybridized carbons (Fsp3) is 0.588. The number of alkyl halides is 3. The van der Waals surface area contributed by atoms with Crippen molar-refractivity contribution in [2.24, 2.45) is 5.92 Å². The number of anilines is 1. The van der Waals surface area contributed by atoms with Gasteiger partial charge in [0, 0.05) is 18.7 Å². The molecule has 6 heteroatoms. The maximum atomic E-state index is 12.4. The van der Waals surface area contributed by atoms with E-state index in [-0.39, 0.29) is 12.5 Å². The topological polar surface area (TPSA) is 32.3 Å². The van der Waals surface area contributed by atoms with Crippen molar-refractivity contribution >= 4 is 11.6 Å². The highest BCUT2D eigenvalue weighted by molar-refractivity contribution is 5.92. The number of likely N-dealkylation sites (tertiary alicyclic amines) is 1. The van der Waals surface area contributed by atoms with E-state index in [0.717, 1.165) is 0 Å². The molecule has 1 aliphatic rings. The normalized spacial score (nSPS) is 19.3. The molecule has 1 unspecified atom stereocenters. The number of rotatable bonds is 5. The van der Waals surface area contributed by atoms with Crippen LogP contribution in [-0.4, -0.2) is 36.6 Å². The molecule has 1 aromatic carbocycles. The molecule has 0 bridgehead atoms. The van der Waals surface area contributed by atoms with Crippen LogP contribution in [0, 0.1) is 5.92 Å². The number of hydrogen-bond acceptors (Lipinski definition) is 2. The zero-order chi connectivity index (χ0) is 17.0. The lowest BCUT2D eigenvalue weighted by Crippen LogP contribution is -2.32. The molecule has 1 N–H and O–H groups in total. The van der Waals surface area contributed by atoms with Crippen molar-refractivity contribution in [1.29, 1.82) is 0 Å². The van der Waals surface area contributed by atoms with E-state index in [1.165, 1.54) is 5.56 Å². The summed E-state index contributed by atoms with van der Waals surface area (Å²) in [5.41, 5.74) is 1.91. The number of nitrogens with zero attached hydrogens (tertiary/aromatic N) is 1. The van der Waals surface area contributed by atoms with Crippen LogP contribution in [0.25, 0.3) is 0 Å². The number of benzene rings is 1. The van der Waals surface area contributed by atoms with E-state index in [9.17, 15) is 18.0 Å². The van der Waals surface area contributed by atoms with Gasteiger partial charge in [0.15, 0.2) is 0 Å². The van der Waals surface area contributed by atoms with Gasteiger partial charge in [0.25, 0.3) is 0 Å². The van der Waals surface area contributed by atoms with Gasteiger partial charge >= 0.3 is 6.18 Å². The Morgan fingerprint density at radius 2 is 1.96 bits per heavy atom. The van der Waals surface area contributed by atoms with Crippen LogP contribution in [0.15, 0.2) is 24.3 Å². The third-order valence-electron chi connectivity index (χ3n) is 4.12. The summed E-state index contributed by atoms with van der Waals surface area (Å²) in [6.45, 7) is 5.20. The van der Waals surface area contributed by atoms with Crippen molar-refractivity contribution in [2.45, 2.75) is 38.8 Å². The summed E-state index contributed by atoms with van der Waals surface area (Å²) in [5.74, 6) is -0.155. The van der Waals surface area contributed by atoms with Crippen molar-refractivity contribution in [3.05, 3.63) is 29.8 Å². The van der Waals surface area contributed by atoms with Gasteiger partial charge in [0.2, 0.25) is 5.91 Å². The predicted molar refractivity (Wildman–Crippen MR) is 84.4 cm³/mol. The first kappa shape index (κ1) is 17.8.